The summed E-state index contributed by atoms with van der Waals surface area (Å²) < 4.78 is 2.00. The third kappa shape index (κ3) is 2.64. The SMILES string of the molecule is CCC(CC1CC1)Nc1nc(NC)cn2ccnc12. The van der Waals surface area contributed by atoms with Crippen molar-refractivity contribution in [3.63, 3.8) is 0 Å². The molecule has 5 nitrogen and oxygen atoms in total. The molecule has 2 aromatic heterocycles. The highest BCUT2D eigenvalue weighted by Crippen LogP contribution is 2.35. The monoisotopic (exact) mass is 259 g/mol. The van der Waals surface area contributed by atoms with Crippen molar-refractivity contribution < 1.29 is 0 Å². The molecule has 0 saturated heterocycles. The van der Waals surface area contributed by atoms with Gasteiger partial charge in [0.1, 0.15) is 5.82 Å². The molecular formula is C14H21N5. The molecule has 0 amide bonds. The molecule has 0 aliphatic heterocycles. The molecule has 1 aliphatic carbocycles. The van der Waals surface area contributed by atoms with Crippen molar-refractivity contribution in [3.05, 3.63) is 18.6 Å². The van der Waals surface area contributed by atoms with Crippen LogP contribution < -0.4 is 10.6 Å². The number of nitrogens with one attached hydrogen (secondary N) is 2. The third-order valence-corrected chi connectivity index (χ3v) is 3.78. The summed E-state index contributed by atoms with van der Waals surface area (Å²) >= 11 is 0. The Morgan fingerprint density at radius 3 is 3.00 bits per heavy atom. The molecule has 2 N–H and O–H groups in total. The van der Waals surface area contributed by atoms with Crippen LogP contribution >= 0.6 is 0 Å². The van der Waals surface area contributed by atoms with Crippen molar-refractivity contribution in [3.8, 4) is 0 Å². The summed E-state index contributed by atoms with van der Waals surface area (Å²) in [6.45, 7) is 2.23. The van der Waals surface area contributed by atoms with E-state index in [2.05, 4.69) is 27.5 Å². The number of nitrogens with zero attached hydrogens (tertiary/aromatic N) is 3. The van der Waals surface area contributed by atoms with Gasteiger partial charge < -0.3 is 15.0 Å². The Labute approximate surface area is 113 Å². The van der Waals surface area contributed by atoms with Gasteiger partial charge >= 0.3 is 0 Å². The first kappa shape index (κ1) is 12.3. The number of fused-ring (bicyclic) bond motifs is 1. The number of hydrogen-bond donors (Lipinski definition) is 2. The second-order valence-corrected chi connectivity index (χ2v) is 5.31. The topological polar surface area (TPSA) is 54.2 Å². The lowest BCUT2D eigenvalue weighted by atomic mass is 10.1. The van der Waals surface area contributed by atoms with E-state index in [-0.39, 0.29) is 0 Å². The lowest BCUT2D eigenvalue weighted by molar-refractivity contribution is 0.585. The molecule has 19 heavy (non-hydrogen) atoms. The van der Waals surface area contributed by atoms with Crippen molar-refractivity contribution in [1.82, 2.24) is 14.4 Å². The van der Waals surface area contributed by atoms with Crippen LogP contribution in [0, 0.1) is 5.92 Å². The number of imidazole rings is 1. The largest absolute Gasteiger partial charge is 0.372 e. The Morgan fingerprint density at radius 2 is 2.32 bits per heavy atom. The van der Waals surface area contributed by atoms with Crippen LogP contribution in [0.2, 0.25) is 0 Å². The maximum absolute atomic E-state index is 4.60. The lowest BCUT2D eigenvalue weighted by Crippen LogP contribution is -2.20. The van der Waals surface area contributed by atoms with E-state index >= 15 is 0 Å². The van der Waals surface area contributed by atoms with Crippen molar-refractivity contribution in [1.29, 1.82) is 0 Å². The number of anilines is 2. The summed E-state index contributed by atoms with van der Waals surface area (Å²) in [5, 5.41) is 6.66. The lowest BCUT2D eigenvalue weighted by Gasteiger charge is -2.18. The maximum Gasteiger partial charge on any atom is 0.180 e. The van der Waals surface area contributed by atoms with Gasteiger partial charge in [0, 0.05) is 25.5 Å². The van der Waals surface area contributed by atoms with E-state index in [0.717, 1.165) is 29.6 Å². The minimum Gasteiger partial charge on any atom is -0.372 e. The van der Waals surface area contributed by atoms with Crippen LogP contribution in [0.4, 0.5) is 11.6 Å². The van der Waals surface area contributed by atoms with Crippen molar-refractivity contribution in [2.24, 2.45) is 5.92 Å². The van der Waals surface area contributed by atoms with E-state index < -0.39 is 0 Å². The number of hydrogen-bond acceptors (Lipinski definition) is 4. The van der Waals surface area contributed by atoms with Gasteiger partial charge in [0.15, 0.2) is 11.5 Å². The Balaban J connectivity index is 1.86. The molecule has 3 rings (SSSR count). The summed E-state index contributed by atoms with van der Waals surface area (Å²) in [6, 6.07) is 0.493. The van der Waals surface area contributed by atoms with Crippen molar-refractivity contribution >= 4 is 17.3 Å². The molecule has 1 aliphatic rings. The van der Waals surface area contributed by atoms with E-state index in [1.54, 1.807) is 0 Å². The summed E-state index contributed by atoms with van der Waals surface area (Å²) in [6.07, 6.45) is 10.9. The highest BCUT2D eigenvalue weighted by molar-refractivity contribution is 5.65. The van der Waals surface area contributed by atoms with Crippen molar-refractivity contribution in [2.75, 3.05) is 17.7 Å². The van der Waals surface area contributed by atoms with Crippen LogP contribution in [-0.4, -0.2) is 27.5 Å². The first-order chi connectivity index (χ1) is 9.30. The Morgan fingerprint density at radius 1 is 1.47 bits per heavy atom. The molecule has 0 aromatic carbocycles. The average molecular weight is 259 g/mol. The zero-order valence-electron chi connectivity index (χ0n) is 11.6. The highest BCUT2D eigenvalue weighted by Gasteiger charge is 2.25. The second kappa shape index (κ2) is 5.07. The smallest absolute Gasteiger partial charge is 0.180 e. The normalized spacial score (nSPS) is 16.5. The third-order valence-electron chi connectivity index (χ3n) is 3.78. The van der Waals surface area contributed by atoms with Gasteiger partial charge in [0.25, 0.3) is 0 Å². The molecule has 1 unspecified atom stereocenters. The molecule has 0 spiro atoms. The van der Waals surface area contributed by atoms with Gasteiger partial charge in [0.2, 0.25) is 0 Å². The Kier molecular flexibility index (Phi) is 3.27. The van der Waals surface area contributed by atoms with E-state index in [9.17, 15) is 0 Å². The highest BCUT2D eigenvalue weighted by atomic mass is 15.1. The van der Waals surface area contributed by atoms with E-state index in [1.807, 2.05) is 30.0 Å². The molecule has 1 saturated carbocycles. The van der Waals surface area contributed by atoms with Gasteiger partial charge in [-0.1, -0.05) is 19.8 Å². The Bertz CT molecular complexity index is 558. The molecule has 0 bridgehead atoms. The van der Waals surface area contributed by atoms with Crippen LogP contribution in [-0.2, 0) is 0 Å². The molecule has 1 atom stereocenters. The van der Waals surface area contributed by atoms with Gasteiger partial charge in [-0.25, -0.2) is 9.97 Å². The maximum atomic E-state index is 4.60. The van der Waals surface area contributed by atoms with Gasteiger partial charge in [-0.15, -0.1) is 0 Å². The minimum absolute atomic E-state index is 0.493. The zero-order chi connectivity index (χ0) is 13.2. The average Bonchev–Trinajstić information content (AvgIpc) is 3.11. The fourth-order valence-electron chi connectivity index (χ4n) is 2.43. The van der Waals surface area contributed by atoms with E-state index in [1.165, 1.54) is 19.3 Å². The Hall–Kier alpha value is -1.78. The summed E-state index contributed by atoms with van der Waals surface area (Å²) in [5.41, 5.74) is 0.897. The molecule has 102 valence electrons. The van der Waals surface area contributed by atoms with Crippen LogP contribution in [0.1, 0.15) is 32.6 Å². The van der Waals surface area contributed by atoms with Gasteiger partial charge in [-0.2, -0.15) is 0 Å². The summed E-state index contributed by atoms with van der Waals surface area (Å²) in [7, 11) is 1.89. The molecule has 2 aromatic rings. The summed E-state index contributed by atoms with van der Waals surface area (Å²) in [4.78, 5) is 8.99. The van der Waals surface area contributed by atoms with Crippen molar-refractivity contribution in [2.45, 2.75) is 38.6 Å². The zero-order valence-corrected chi connectivity index (χ0v) is 11.6. The van der Waals surface area contributed by atoms with Gasteiger partial charge in [-0.05, 0) is 18.8 Å². The fourth-order valence-corrected chi connectivity index (χ4v) is 2.43. The summed E-state index contributed by atoms with van der Waals surface area (Å²) in [5.74, 6) is 2.65. The van der Waals surface area contributed by atoms with E-state index in [4.69, 9.17) is 0 Å². The molecule has 2 heterocycles. The van der Waals surface area contributed by atoms with Crippen LogP contribution in [0.3, 0.4) is 0 Å². The number of rotatable bonds is 6. The molecule has 1 fully saturated rings. The minimum atomic E-state index is 0.493. The predicted octanol–water partition coefficient (Wildman–Crippen LogP) is 2.76. The molecule has 5 heteroatoms. The van der Waals surface area contributed by atoms with Crippen LogP contribution in [0.25, 0.3) is 5.65 Å². The van der Waals surface area contributed by atoms with Gasteiger partial charge in [0.05, 0.1) is 6.20 Å². The number of aromatic nitrogens is 3. The first-order valence-electron chi connectivity index (χ1n) is 7.08. The van der Waals surface area contributed by atoms with E-state index in [0.29, 0.717) is 6.04 Å². The fraction of sp³-hybridized carbons (Fsp3) is 0.571. The quantitative estimate of drug-likeness (QED) is 0.837. The first-order valence-corrected chi connectivity index (χ1v) is 7.08. The standard InChI is InChI=1S/C14H21N5/c1-3-11(8-10-4-5-10)17-13-14-16-6-7-19(14)9-12(15-2)18-13/h6-7,9-11,15H,3-5,8H2,1-2H3,(H,17,18). The van der Waals surface area contributed by atoms with Gasteiger partial charge in [-0.3, -0.25) is 0 Å². The molecule has 0 radical (unpaired) electrons. The van der Waals surface area contributed by atoms with Crippen LogP contribution in [0.5, 0.6) is 0 Å². The van der Waals surface area contributed by atoms with Crippen LogP contribution in [0.15, 0.2) is 18.6 Å². The second-order valence-electron chi connectivity index (χ2n) is 5.31. The molecular weight excluding hydrogens is 238 g/mol. The predicted molar refractivity (Wildman–Crippen MR) is 77.6 cm³/mol.